The smallest absolute Gasteiger partial charge is 0.225 e. The number of carbonyl (C=O) groups is 1. The number of ether oxygens (including phenoxy) is 1. The van der Waals surface area contributed by atoms with Gasteiger partial charge >= 0.3 is 0 Å². The summed E-state index contributed by atoms with van der Waals surface area (Å²) in [7, 11) is 0. The second kappa shape index (κ2) is 9.45. The summed E-state index contributed by atoms with van der Waals surface area (Å²) in [5, 5.41) is 0. The third-order valence-corrected chi connectivity index (χ3v) is 6.19. The zero-order valence-electron chi connectivity index (χ0n) is 17.4. The zero-order valence-corrected chi connectivity index (χ0v) is 17.4. The number of hydrogen-bond donors (Lipinski definition) is 0. The van der Waals surface area contributed by atoms with Gasteiger partial charge in [0.1, 0.15) is 11.5 Å². The average Bonchev–Trinajstić information content (AvgIpc) is 2.75. The molecule has 0 radical (unpaired) electrons. The second-order valence-corrected chi connectivity index (χ2v) is 8.64. The van der Waals surface area contributed by atoms with Gasteiger partial charge in [0.05, 0.1) is 0 Å². The lowest BCUT2D eigenvalue weighted by molar-refractivity contribution is -0.138. The van der Waals surface area contributed by atoms with E-state index in [-0.39, 0.29) is 5.92 Å². The van der Waals surface area contributed by atoms with Crippen LogP contribution in [0.25, 0.3) is 0 Å². The fourth-order valence-electron chi connectivity index (χ4n) is 4.58. The summed E-state index contributed by atoms with van der Waals surface area (Å²) in [5.41, 5.74) is 1.26. The Balaban J connectivity index is 1.28. The third-order valence-electron chi connectivity index (χ3n) is 6.19. The molecule has 2 heterocycles. The molecule has 2 aliphatic rings. The second-order valence-electron chi connectivity index (χ2n) is 8.64. The fraction of sp³-hybridized carbons (Fsp3) is 0.480. The van der Waals surface area contributed by atoms with E-state index in [2.05, 4.69) is 34.9 Å². The van der Waals surface area contributed by atoms with Crippen molar-refractivity contribution >= 4 is 5.91 Å². The lowest BCUT2D eigenvalue weighted by Gasteiger charge is -2.37. The number of hydrogen-bond acceptors (Lipinski definition) is 3. The maximum atomic E-state index is 12.9. The summed E-state index contributed by atoms with van der Waals surface area (Å²) in [6, 6.07) is 18.2. The van der Waals surface area contributed by atoms with Gasteiger partial charge in [-0.15, -0.1) is 0 Å². The molecule has 4 nitrogen and oxygen atoms in total. The number of carbonyl (C=O) groups excluding carboxylic acids is 1. The maximum absolute atomic E-state index is 12.9. The Morgan fingerprint density at radius 2 is 1.72 bits per heavy atom. The summed E-state index contributed by atoms with van der Waals surface area (Å²) in [6.07, 6.45) is 4.37. The number of benzene rings is 2. The zero-order chi connectivity index (χ0) is 20.1. The molecule has 2 saturated heterocycles. The molecule has 154 valence electrons. The van der Waals surface area contributed by atoms with Crippen molar-refractivity contribution in [3.63, 3.8) is 0 Å². The van der Waals surface area contributed by atoms with Crippen LogP contribution in [0.2, 0.25) is 0 Å². The minimum absolute atomic E-state index is 0.212. The number of piperidine rings is 2. The fourth-order valence-corrected chi connectivity index (χ4v) is 4.58. The summed E-state index contributed by atoms with van der Waals surface area (Å²) < 4.78 is 5.96. The molecule has 0 aromatic heterocycles. The first-order valence-electron chi connectivity index (χ1n) is 11.0. The molecule has 2 aliphatic heterocycles. The highest BCUT2D eigenvalue weighted by atomic mass is 16.5. The lowest BCUT2D eigenvalue weighted by atomic mass is 9.92. The summed E-state index contributed by atoms with van der Waals surface area (Å²) in [4.78, 5) is 17.5. The largest absolute Gasteiger partial charge is 0.457 e. The monoisotopic (exact) mass is 392 g/mol. The minimum atomic E-state index is 0.212. The van der Waals surface area contributed by atoms with Crippen LogP contribution in [-0.2, 0) is 11.3 Å². The van der Waals surface area contributed by atoms with E-state index in [1.54, 1.807) is 0 Å². The van der Waals surface area contributed by atoms with Crippen molar-refractivity contribution in [1.82, 2.24) is 9.80 Å². The molecule has 1 atom stereocenters. The van der Waals surface area contributed by atoms with Crippen LogP contribution in [0.5, 0.6) is 11.5 Å². The van der Waals surface area contributed by atoms with Crippen molar-refractivity contribution in [2.45, 2.75) is 39.2 Å². The summed E-state index contributed by atoms with van der Waals surface area (Å²) in [5.74, 6) is 2.99. The molecule has 29 heavy (non-hydrogen) atoms. The lowest BCUT2D eigenvalue weighted by Crippen LogP contribution is -2.45. The molecule has 0 saturated carbocycles. The van der Waals surface area contributed by atoms with Gasteiger partial charge in [0.15, 0.2) is 0 Å². The van der Waals surface area contributed by atoms with Crippen LogP contribution < -0.4 is 4.74 Å². The first-order chi connectivity index (χ1) is 14.2. The molecule has 4 rings (SSSR count). The number of nitrogens with zero attached hydrogens (tertiary/aromatic N) is 2. The van der Waals surface area contributed by atoms with E-state index >= 15 is 0 Å². The van der Waals surface area contributed by atoms with Crippen LogP contribution in [0, 0.1) is 11.8 Å². The molecule has 0 spiro atoms. The van der Waals surface area contributed by atoms with Gasteiger partial charge in [-0.25, -0.2) is 0 Å². The van der Waals surface area contributed by atoms with Gasteiger partial charge in [-0.1, -0.05) is 37.3 Å². The van der Waals surface area contributed by atoms with Crippen molar-refractivity contribution in [2.75, 3.05) is 26.2 Å². The number of rotatable bonds is 5. The van der Waals surface area contributed by atoms with Crippen LogP contribution in [0.15, 0.2) is 54.6 Å². The number of para-hydroxylation sites is 1. The van der Waals surface area contributed by atoms with Crippen LogP contribution >= 0.6 is 0 Å². The van der Waals surface area contributed by atoms with Crippen LogP contribution in [0.1, 0.15) is 38.2 Å². The Morgan fingerprint density at radius 3 is 2.48 bits per heavy atom. The summed E-state index contributed by atoms with van der Waals surface area (Å²) in [6.45, 7) is 7.06. The van der Waals surface area contributed by atoms with Gasteiger partial charge in [0.2, 0.25) is 5.91 Å². The van der Waals surface area contributed by atoms with Gasteiger partial charge in [0, 0.05) is 25.6 Å². The Bertz CT molecular complexity index is 799. The maximum Gasteiger partial charge on any atom is 0.225 e. The van der Waals surface area contributed by atoms with E-state index in [0.29, 0.717) is 11.8 Å². The molecule has 0 bridgehead atoms. The molecule has 2 fully saturated rings. The van der Waals surface area contributed by atoms with Crippen molar-refractivity contribution in [3.8, 4) is 11.5 Å². The molecule has 4 heteroatoms. The molecule has 0 aliphatic carbocycles. The number of likely N-dealkylation sites (tertiary alicyclic amines) is 2. The molecular weight excluding hydrogens is 360 g/mol. The van der Waals surface area contributed by atoms with Crippen molar-refractivity contribution < 1.29 is 9.53 Å². The van der Waals surface area contributed by atoms with Gasteiger partial charge in [-0.3, -0.25) is 9.69 Å². The molecule has 2 aromatic carbocycles. The summed E-state index contributed by atoms with van der Waals surface area (Å²) >= 11 is 0. The highest BCUT2D eigenvalue weighted by molar-refractivity contribution is 5.79. The first kappa shape index (κ1) is 20.0. The van der Waals surface area contributed by atoms with Gasteiger partial charge in [-0.2, -0.15) is 0 Å². The average molecular weight is 393 g/mol. The van der Waals surface area contributed by atoms with E-state index < -0.39 is 0 Å². The molecule has 2 aromatic rings. The van der Waals surface area contributed by atoms with E-state index in [0.717, 1.165) is 63.5 Å². The van der Waals surface area contributed by atoms with Crippen molar-refractivity contribution in [1.29, 1.82) is 0 Å². The Hall–Kier alpha value is -2.33. The topological polar surface area (TPSA) is 32.8 Å². The van der Waals surface area contributed by atoms with Crippen LogP contribution in [0.4, 0.5) is 0 Å². The van der Waals surface area contributed by atoms with Crippen molar-refractivity contribution in [2.24, 2.45) is 11.8 Å². The van der Waals surface area contributed by atoms with E-state index in [1.807, 2.05) is 36.4 Å². The van der Waals surface area contributed by atoms with Crippen LogP contribution in [0.3, 0.4) is 0 Å². The Morgan fingerprint density at radius 1 is 0.966 bits per heavy atom. The third kappa shape index (κ3) is 5.39. The van der Waals surface area contributed by atoms with E-state index in [9.17, 15) is 4.79 Å². The van der Waals surface area contributed by atoms with Gasteiger partial charge < -0.3 is 9.64 Å². The first-order valence-corrected chi connectivity index (χ1v) is 11.0. The van der Waals surface area contributed by atoms with Gasteiger partial charge in [-0.05, 0) is 74.5 Å². The highest BCUT2D eigenvalue weighted by Gasteiger charge is 2.30. The van der Waals surface area contributed by atoms with Gasteiger partial charge in [0.25, 0.3) is 0 Å². The quantitative estimate of drug-likeness (QED) is 0.722. The Kier molecular flexibility index (Phi) is 6.50. The highest BCUT2D eigenvalue weighted by Crippen LogP contribution is 2.26. The predicted octanol–water partition coefficient (Wildman–Crippen LogP) is 4.95. The minimum Gasteiger partial charge on any atom is -0.457 e. The van der Waals surface area contributed by atoms with Crippen molar-refractivity contribution in [3.05, 3.63) is 60.2 Å². The number of amides is 1. The molecular formula is C25H32N2O2. The predicted molar refractivity (Wildman–Crippen MR) is 116 cm³/mol. The molecule has 0 N–H and O–H groups in total. The standard InChI is InChI=1S/C25H32N2O2/c1-20-7-6-14-27(18-20)25(28)22-12-15-26(16-13-22)19-21-8-5-11-24(17-21)29-23-9-3-2-4-10-23/h2-5,8-11,17,20,22H,6-7,12-16,18-19H2,1H3/t20-/m0/s1. The molecule has 1 amide bonds. The Labute approximate surface area is 174 Å². The normalized spacial score (nSPS) is 21.1. The van der Waals surface area contributed by atoms with Crippen LogP contribution in [-0.4, -0.2) is 41.9 Å². The molecule has 0 unspecified atom stereocenters. The SMILES string of the molecule is C[C@H]1CCCN(C(=O)C2CCN(Cc3cccc(Oc4ccccc4)c3)CC2)C1. The van der Waals surface area contributed by atoms with E-state index in [1.165, 1.54) is 12.0 Å². The van der Waals surface area contributed by atoms with E-state index in [4.69, 9.17) is 4.74 Å².